The minimum Gasteiger partial charge on any atom is -0.497 e. The van der Waals surface area contributed by atoms with Gasteiger partial charge in [-0.25, -0.2) is 13.1 Å². The van der Waals surface area contributed by atoms with Crippen LogP contribution in [0.1, 0.15) is 18.5 Å². The van der Waals surface area contributed by atoms with Crippen LogP contribution in [0.4, 0.5) is 13.2 Å². The van der Waals surface area contributed by atoms with Crippen molar-refractivity contribution in [3.63, 3.8) is 0 Å². The molecule has 0 aromatic heterocycles. The van der Waals surface area contributed by atoms with E-state index in [1.54, 1.807) is 31.2 Å². The van der Waals surface area contributed by atoms with Crippen molar-refractivity contribution >= 4 is 26.0 Å². The highest BCUT2D eigenvalue weighted by atomic mass is 79.9. The van der Waals surface area contributed by atoms with Crippen molar-refractivity contribution in [2.45, 2.75) is 24.2 Å². The summed E-state index contributed by atoms with van der Waals surface area (Å²) < 4.78 is 74.4. The van der Waals surface area contributed by atoms with Gasteiger partial charge in [-0.1, -0.05) is 28.1 Å². The van der Waals surface area contributed by atoms with E-state index >= 15 is 0 Å². The number of halogens is 4. The van der Waals surface area contributed by atoms with Crippen LogP contribution in [-0.2, 0) is 10.0 Å². The Balaban J connectivity index is 2.35. The molecule has 0 fully saturated rings. The molecule has 0 bridgehead atoms. The molecule has 2 rings (SSSR count). The molecule has 0 heterocycles. The molecule has 1 atom stereocenters. The first-order valence-corrected chi connectivity index (χ1v) is 9.51. The van der Waals surface area contributed by atoms with E-state index < -0.39 is 33.1 Å². The molecule has 0 saturated heterocycles. The van der Waals surface area contributed by atoms with E-state index in [0.29, 0.717) is 11.3 Å². The number of ether oxygens (including phenoxy) is 2. The highest BCUT2D eigenvalue weighted by molar-refractivity contribution is 9.10. The Morgan fingerprint density at radius 1 is 1.15 bits per heavy atom. The summed E-state index contributed by atoms with van der Waals surface area (Å²) in [5.74, 6) is -0.296. The van der Waals surface area contributed by atoms with Crippen LogP contribution in [-0.4, -0.2) is 21.9 Å². The Labute approximate surface area is 157 Å². The maximum atomic E-state index is 12.6. The van der Waals surface area contributed by atoms with E-state index in [9.17, 15) is 21.6 Å². The summed E-state index contributed by atoms with van der Waals surface area (Å²) in [7, 11) is -2.81. The summed E-state index contributed by atoms with van der Waals surface area (Å²) in [6.45, 7) is 1.56. The molecule has 26 heavy (non-hydrogen) atoms. The van der Waals surface area contributed by atoms with Crippen LogP contribution >= 0.6 is 15.9 Å². The van der Waals surface area contributed by atoms with Crippen molar-refractivity contribution in [1.29, 1.82) is 0 Å². The van der Waals surface area contributed by atoms with Gasteiger partial charge in [-0.2, -0.15) is 0 Å². The molecule has 2 aromatic rings. The quantitative estimate of drug-likeness (QED) is 0.703. The third-order valence-electron chi connectivity index (χ3n) is 3.35. The molecule has 2 aromatic carbocycles. The van der Waals surface area contributed by atoms with Gasteiger partial charge in [0, 0.05) is 10.5 Å². The summed E-state index contributed by atoms with van der Waals surface area (Å²) in [5, 5.41) is 0. The van der Waals surface area contributed by atoms with Gasteiger partial charge in [0.15, 0.2) is 5.75 Å². The predicted molar refractivity (Wildman–Crippen MR) is 92.6 cm³/mol. The molecule has 0 spiro atoms. The molecule has 5 nitrogen and oxygen atoms in total. The smallest absolute Gasteiger partial charge is 0.497 e. The van der Waals surface area contributed by atoms with Crippen LogP contribution < -0.4 is 14.2 Å². The van der Waals surface area contributed by atoms with Gasteiger partial charge in [-0.3, -0.25) is 0 Å². The number of benzene rings is 2. The highest BCUT2D eigenvalue weighted by Crippen LogP contribution is 2.33. The van der Waals surface area contributed by atoms with Gasteiger partial charge < -0.3 is 9.47 Å². The molecule has 0 aliphatic rings. The lowest BCUT2D eigenvalue weighted by molar-refractivity contribution is -0.275. The van der Waals surface area contributed by atoms with Crippen molar-refractivity contribution in [3.05, 3.63) is 52.5 Å². The fraction of sp³-hybridized carbons (Fsp3) is 0.250. The lowest BCUT2D eigenvalue weighted by atomic mass is 10.1. The van der Waals surface area contributed by atoms with Crippen molar-refractivity contribution in [2.24, 2.45) is 0 Å². The third-order valence-corrected chi connectivity index (χ3v) is 5.42. The second-order valence-electron chi connectivity index (χ2n) is 5.26. The highest BCUT2D eigenvalue weighted by Gasteiger charge is 2.34. The Morgan fingerprint density at radius 2 is 1.85 bits per heavy atom. The zero-order valence-corrected chi connectivity index (χ0v) is 16.1. The Morgan fingerprint density at radius 3 is 2.46 bits per heavy atom. The maximum Gasteiger partial charge on any atom is 0.573 e. The number of methoxy groups -OCH3 is 1. The number of alkyl halides is 3. The van der Waals surface area contributed by atoms with Crippen LogP contribution in [0.15, 0.2) is 51.8 Å². The van der Waals surface area contributed by atoms with Crippen LogP contribution in [0.5, 0.6) is 11.5 Å². The molecule has 1 unspecified atom stereocenters. The van der Waals surface area contributed by atoms with Crippen LogP contribution in [0.3, 0.4) is 0 Å². The van der Waals surface area contributed by atoms with E-state index in [-0.39, 0.29) is 4.47 Å². The number of hydrogen-bond acceptors (Lipinski definition) is 4. The molecule has 0 amide bonds. The van der Waals surface area contributed by atoms with E-state index in [2.05, 4.69) is 25.4 Å². The fourth-order valence-corrected chi connectivity index (χ4v) is 3.86. The van der Waals surface area contributed by atoms with Crippen molar-refractivity contribution in [2.75, 3.05) is 7.11 Å². The largest absolute Gasteiger partial charge is 0.573 e. The minimum atomic E-state index is -5.02. The SMILES string of the molecule is COc1cccc(C(C)NS(=O)(=O)c2ccc(Br)cc2OC(F)(F)F)c1. The number of sulfonamides is 1. The molecule has 0 radical (unpaired) electrons. The number of hydrogen-bond donors (Lipinski definition) is 1. The third kappa shape index (κ3) is 5.36. The van der Waals surface area contributed by atoms with Gasteiger partial charge in [0.05, 0.1) is 7.11 Å². The molecule has 142 valence electrons. The summed E-state index contributed by atoms with van der Waals surface area (Å²) in [5.41, 5.74) is 0.586. The summed E-state index contributed by atoms with van der Waals surface area (Å²) in [4.78, 5) is -0.618. The van der Waals surface area contributed by atoms with Gasteiger partial charge in [-0.05, 0) is 42.8 Å². The van der Waals surface area contributed by atoms with Crippen molar-refractivity contribution < 1.29 is 31.1 Å². The standard InChI is InChI=1S/C16H15BrF3NO4S/c1-10(11-4-3-5-13(8-11)24-2)21-26(22,23)15-7-6-12(17)9-14(15)25-16(18,19)20/h3-10,21H,1-2H3. The summed E-state index contributed by atoms with van der Waals surface area (Å²) in [6.07, 6.45) is -5.02. The van der Waals surface area contributed by atoms with Crippen molar-refractivity contribution in [3.8, 4) is 11.5 Å². The average Bonchev–Trinajstić information content (AvgIpc) is 2.52. The summed E-state index contributed by atoms with van der Waals surface area (Å²) >= 11 is 3.00. The van der Waals surface area contributed by atoms with E-state index in [1.807, 2.05) is 0 Å². The number of rotatable bonds is 6. The van der Waals surface area contributed by atoms with Gasteiger partial charge in [-0.15, -0.1) is 13.2 Å². The lowest BCUT2D eigenvalue weighted by Crippen LogP contribution is -2.28. The molecule has 1 N–H and O–H groups in total. The van der Waals surface area contributed by atoms with E-state index in [1.165, 1.54) is 13.2 Å². The van der Waals surface area contributed by atoms with Gasteiger partial charge in [0.1, 0.15) is 10.6 Å². The number of nitrogens with one attached hydrogen (secondary N) is 1. The maximum absolute atomic E-state index is 12.6. The molecule has 0 aliphatic heterocycles. The zero-order chi connectivity index (χ0) is 19.5. The molecule has 0 saturated carbocycles. The fourth-order valence-electron chi connectivity index (χ4n) is 2.18. The average molecular weight is 454 g/mol. The second kappa shape index (κ2) is 7.85. The van der Waals surface area contributed by atoms with Crippen LogP contribution in [0.25, 0.3) is 0 Å². The molecular weight excluding hydrogens is 439 g/mol. The summed E-state index contributed by atoms with van der Waals surface area (Å²) in [6, 6.07) is 9.24. The zero-order valence-electron chi connectivity index (χ0n) is 13.7. The first kappa shape index (κ1) is 20.5. The van der Waals surface area contributed by atoms with Gasteiger partial charge in [0.2, 0.25) is 10.0 Å². The Hall–Kier alpha value is -1.78. The predicted octanol–water partition coefficient (Wildman–Crippen LogP) is 4.40. The van der Waals surface area contributed by atoms with Crippen LogP contribution in [0.2, 0.25) is 0 Å². The normalized spacial score (nSPS) is 13.3. The lowest BCUT2D eigenvalue weighted by Gasteiger charge is -2.18. The van der Waals surface area contributed by atoms with E-state index in [0.717, 1.165) is 12.1 Å². The van der Waals surface area contributed by atoms with Gasteiger partial charge in [0.25, 0.3) is 0 Å². The van der Waals surface area contributed by atoms with Crippen molar-refractivity contribution in [1.82, 2.24) is 4.72 Å². The minimum absolute atomic E-state index is 0.247. The molecular formula is C16H15BrF3NO4S. The van der Waals surface area contributed by atoms with Gasteiger partial charge >= 0.3 is 6.36 Å². The van der Waals surface area contributed by atoms with Crippen LogP contribution in [0, 0.1) is 0 Å². The second-order valence-corrected chi connectivity index (χ2v) is 7.86. The Kier molecular flexibility index (Phi) is 6.20. The first-order chi connectivity index (χ1) is 12.0. The monoisotopic (exact) mass is 453 g/mol. The molecule has 0 aliphatic carbocycles. The first-order valence-electron chi connectivity index (χ1n) is 7.23. The Bertz CT molecular complexity index is 887. The topological polar surface area (TPSA) is 64.6 Å². The van der Waals surface area contributed by atoms with E-state index in [4.69, 9.17) is 4.74 Å². The molecule has 10 heteroatoms.